The third-order valence-electron chi connectivity index (χ3n) is 4.51. The number of hydrogen-bond donors (Lipinski definition) is 2. The zero-order valence-corrected chi connectivity index (χ0v) is 14.9. The van der Waals surface area contributed by atoms with E-state index in [2.05, 4.69) is 15.5 Å². The van der Waals surface area contributed by atoms with E-state index in [0.717, 1.165) is 25.9 Å². The minimum absolute atomic E-state index is 0.0526. The molecule has 1 saturated carbocycles. The van der Waals surface area contributed by atoms with Crippen LogP contribution < -0.4 is 15.4 Å². The minimum atomic E-state index is -4.47. The Hall–Kier alpha value is -1.67. The highest BCUT2D eigenvalue weighted by atomic mass is 35.5. The second-order valence-corrected chi connectivity index (χ2v) is 7.12. The first-order valence-corrected chi connectivity index (χ1v) is 8.98. The highest BCUT2D eigenvalue weighted by Crippen LogP contribution is 2.31. The molecule has 26 heavy (non-hydrogen) atoms. The van der Waals surface area contributed by atoms with Crippen LogP contribution in [-0.2, 0) is 0 Å². The summed E-state index contributed by atoms with van der Waals surface area (Å²) in [4.78, 5) is 14.6. The molecule has 144 valence electrons. The standard InChI is InChI=1S/C17H21ClF3N3O2/c18-11-1-4-14(15(9-11)26-10-17(19,20)21)23-16(25)22-12-5-7-24(8-6-12)13-2-3-13/h1,4,9,12-13H,2-3,5-8,10H2,(H2,22,23,25). The van der Waals surface area contributed by atoms with E-state index < -0.39 is 18.8 Å². The Kier molecular flexibility index (Phi) is 5.82. The van der Waals surface area contributed by atoms with Gasteiger partial charge in [0.25, 0.3) is 0 Å². The van der Waals surface area contributed by atoms with E-state index in [1.54, 1.807) is 0 Å². The minimum Gasteiger partial charge on any atom is -0.482 e. The number of benzene rings is 1. The van der Waals surface area contributed by atoms with Crippen LogP contribution >= 0.6 is 11.6 Å². The molecule has 2 fully saturated rings. The summed E-state index contributed by atoms with van der Waals surface area (Å²) in [5, 5.41) is 5.65. The van der Waals surface area contributed by atoms with Gasteiger partial charge in [-0.2, -0.15) is 13.2 Å². The van der Waals surface area contributed by atoms with E-state index in [0.29, 0.717) is 6.04 Å². The second kappa shape index (κ2) is 7.92. The van der Waals surface area contributed by atoms with Crippen molar-refractivity contribution in [3.8, 4) is 5.75 Å². The summed E-state index contributed by atoms with van der Waals surface area (Å²) < 4.78 is 41.9. The Morgan fingerprint density at radius 3 is 2.54 bits per heavy atom. The molecule has 1 aliphatic carbocycles. The number of urea groups is 1. The van der Waals surface area contributed by atoms with Crippen LogP contribution in [0.3, 0.4) is 0 Å². The molecule has 0 aromatic heterocycles. The molecule has 2 N–H and O–H groups in total. The molecule has 1 aromatic rings. The fourth-order valence-corrected chi connectivity index (χ4v) is 3.23. The van der Waals surface area contributed by atoms with Gasteiger partial charge in [0.15, 0.2) is 6.61 Å². The molecule has 2 amide bonds. The predicted octanol–water partition coefficient (Wildman–Crippen LogP) is 4.03. The van der Waals surface area contributed by atoms with Crippen LogP contribution in [0, 0.1) is 0 Å². The molecule has 1 aliphatic heterocycles. The smallest absolute Gasteiger partial charge is 0.422 e. The second-order valence-electron chi connectivity index (χ2n) is 6.68. The lowest BCUT2D eigenvalue weighted by Crippen LogP contribution is -2.46. The molecule has 1 aromatic carbocycles. The fraction of sp³-hybridized carbons (Fsp3) is 0.588. The molecule has 0 atom stereocenters. The molecule has 5 nitrogen and oxygen atoms in total. The zero-order chi connectivity index (χ0) is 18.7. The lowest BCUT2D eigenvalue weighted by atomic mass is 10.1. The molecule has 1 heterocycles. The van der Waals surface area contributed by atoms with Crippen LogP contribution in [0.1, 0.15) is 25.7 Å². The van der Waals surface area contributed by atoms with E-state index in [1.165, 1.54) is 31.0 Å². The Bertz CT molecular complexity index is 645. The Morgan fingerprint density at radius 1 is 1.23 bits per heavy atom. The number of piperidine rings is 1. The van der Waals surface area contributed by atoms with Gasteiger partial charge in [0, 0.05) is 36.3 Å². The number of ether oxygens (including phenoxy) is 1. The van der Waals surface area contributed by atoms with E-state index in [9.17, 15) is 18.0 Å². The number of alkyl halides is 3. The predicted molar refractivity (Wildman–Crippen MR) is 92.8 cm³/mol. The van der Waals surface area contributed by atoms with Crippen molar-refractivity contribution in [1.29, 1.82) is 0 Å². The first kappa shape index (κ1) is 19.1. The van der Waals surface area contributed by atoms with Crippen molar-refractivity contribution < 1.29 is 22.7 Å². The number of nitrogens with zero attached hydrogens (tertiary/aromatic N) is 1. The number of nitrogens with one attached hydrogen (secondary N) is 2. The quantitative estimate of drug-likeness (QED) is 0.796. The maximum atomic E-state index is 12.4. The van der Waals surface area contributed by atoms with Crippen molar-refractivity contribution in [3.05, 3.63) is 23.2 Å². The number of carbonyl (C=O) groups excluding carboxylic acids is 1. The van der Waals surface area contributed by atoms with Crippen molar-refractivity contribution in [2.75, 3.05) is 25.0 Å². The molecule has 3 rings (SSSR count). The van der Waals surface area contributed by atoms with Crippen LogP contribution in [0.25, 0.3) is 0 Å². The van der Waals surface area contributed by atoms with Crippen molar-refractivity contribution in [1.82, 2.24) is 10.2 Å². The van der Waals surface area contributed by atoms with Gasteiger partial charge in [-0.15, -0.1) is 0 Å². The number of halogens is 4. The Labute approximate surface area is 154 Å². The maximum Gasteiger partial charge on any atom is 0.422 e. The molecule has 0 bridgehead atoms. The van der Waals surface area contributed by atoms with E-state index in [-0.39, 0.29) is 22.5 Å². The first-order valence-electron chi connectivity index (χ1n) is 8.61. The van der Waals surface area contributed by atoms with Crippen molar-refractivity contribution in [2.45, 2.75) is 43.9 Å². The zero-order valence-electron chi connectivity index (χ0n) is 14.1. The van der Waals surface area contributed by atoms with E-state index in [4.69, 9.17) is 16.3 Å². The van der Waals surface area contributed by atoms with Crippen LogP contribution in [0.5, 0.6) is 5.75 Å². The van der Waals surface area contributed by atoms with Gasteiger partial charge in [-0.25, -0.2) is 4.79 Å². The van der Waals surface area contributed by atoms with Gasteiger partial charge in [-0.05, 0) is 37.8 Å². The van der Waals surface area contributed by atoms with Crippen molar-refractivity contribution in [3.63, 3.8) is 0 Å². The summed E-state index contributed by atoms with van der Waals surface area (Å²) in [6.07, 6.45) is -0.229. The Balaban J connectivity index is 1.53. The molecule has 9 heteroatoms. The average molecular weight is 392 g/mol. The van der Waals surface area contributed by atoms with Gasteiger partial charge in [0.05, 0.1) is 5.69 Å². The van der Waals surface area contributed by atoms with Crippen LogP contribution in [0.4, 0.5) is 23.7 Å². The topological polar surface area (TPSA) is 53.6 Å². The van der Waals surface area contributed by atoms with E-state index in [1.807, 2.05) is 0 Å². The summed E-state index contributed by atoms with van der Waals surface area (Å²) in [7, 11) is 0. The van der Waals surface area contributed by atoms with Gasteiger partial charge in [0.1, 0.15) is 5.75 Å². The summed E-state index contributed by atoms with van der Waals surface area (Å²) in [6.45, 7) is 0.455. The van der Waals surface area contributed by atoms with Crippen LogP contribution in [0.15, 0.2) is 18.2 Å². The normalized spacial score (nSPS) is 19.2. The molecule has 2 aliphatic rings. The number of rotatable bonds is 5. The summed E-state index contributed by atoms with van der Waals surface area (Å²) in [5.41, 5.74) is 0.145. The highest BCUT2D eigenvalue weighted by Gasteiger charge is 2.32. The molecule has 1 saturated heterocycles. The lowest BCUT2D eigenvalue weighted by Gasteiger charge is -2.32. The first-order chi connectivity index (χ1) is 12.3. The fourth-order valence-electron chi connectivity index (χ4n) is 3.07. The lowest BCUT2D eigenvalue weighted by molar-refractivity contribution is -0.153. The summed E-state index contributed by atoms with van der Waals surface area (Å²) in [6, 6.07) is 4.45. The summed E-state index contributed by atoms with van der Waals surface area (Å²) >= 11 is 5.81. The summed E-state index contributed by atoms with van der Waals surface area (Å²) in [5.74, 6) is -0.117. The van der Waals surface area contributed by atoms with Gasteiger partial charge < -0.3 is 20.3 Å². The van der Waals surface area contributed by atoms with Gasteiger partial charge >= 0.3 is 12.2 Å². The number of amides is 2. The molecule has 0 radical (unpaired) electrons. The number of carbonyl (C=O) groups is 1. The van der Waals surface area contributed by atoms with Crippen LogP contribution in [-0.4, -0.2) is 48.9 Å². The SMILES string of the molecule is O=C(Nc1ccc(Cl)cc1OCC(F)(F)F)NC1CCN(C2CC2)CC1. The molecular formula is C17H21ClF3N3O2. The van der Waals surface area contributed by atoms with Gasteiger partial charge in [-0.1, -0.05) is 11.6 Å². The third-order valence-corrected chi connectivity index (χ3v) is 4.75. The van der Waals surface area contributed by atoms with Gasteiger partial charge in [-0.3, -0.25) is 0 Å². The number of likely N-dealkylation sites (tertiary alicyclic amines) is 1. The largest absolute Gasteiger partial charge is 0.482 e. The monoisotopic (exact) mass is 391 g/mol. The van der Waals surface area contributed by atoms with Crippen molar-refractivity contribution >= 4 is 23.3 Å². The average Bonchev–Trinajstić information content (AvgIpc) is 3.40. The molecule has 0 unspecified atom stereocenters. The van der Waals surface area contributed by atoms with Crippen molar-refractivity contribution in [2.24, 2.45) is 0 Å². The number of hydrogen-bond acceptors (Lipinski definition) is 3. The molecule has 0 spiro atoms. The molecular weight excluding hydrogens is 371 g/mol. The van der Waals surface area contributed by atoms with Crippen LogP contribution in [0.2, 0.25) is 5.02 Å². The maximum absolute atomic E-state index is 12.4. The van der Waals surface area contributed by atoms with Gasteiger partial charge in [0.2, 0.25) is 0 Å². The highest BCUT2D eigenvalue weighted by molar-refractivity contribution is 6.30. The third kappa shape index (κ3) is 5.67. The number of anilines is 1. The Morgan fingerprint density at radius 2 is 1.92 bits per heavy atom. The van der Waals surface area contributed by atoms with E-state index >= 15 is 0 Å².